The summed E-state index contributed by atoms with van der Waals surface area (Å²) in [5.41, 5.74) is 13.8. The minimum atomic E-state index is -0.687. The van der Waals surface area contributed by atoms with Gasteiger partial charge in [0, 0.05) is 72.7 Å². The van der Waals surface area contributed by atoms with E-state index in [4.69, 9.17) is 31.5 Å². The lowest BCUT2D eigenvalue weighted by molar-refractivity contribution is 0.122. The molecule has 54 heavy (non-hydrogen) atoms. The minimum Gasteiger partial charge on any atom is -0.497 e. The van der Waals surface area contributed by atoms with Gasteiger partial charge in [-0.05, 0) is 67.1 Å². The lowest BCUT2D eigenvalue weighted by Crippen LogP contribution is -2.36. The predicted molar refractivity (Wildman–Crippen MR) is 213 cm³/mol. The lowest BCUT2D eigenvalue weighted by atomic mass is 10.00. The molecule has 278 valence electrons. The van der Waals surface area contributed by atoms with Gasteiger partial charge in [-0.15, -0.1) is 0 Å². The standard InChI is InChI=1S/C32H28F2N4O2.C10H13ClN2O/c1-20-31(27-5-3-4-12-35-27)37-29-18-22(33)17-26(34)30(29)32(20)36-28-19-23(38-13-15-40-16-14-38)8-11-25(28)21-6-9-24(39-2)10-7-21;11-9-2-1-8(7-10(9)12)13-3-5-14-6-4-13/h3-12,17-19H,13-16H2,1-2H3,(H,36,37);1-2,7H,3-6,12H2. The monoisotopic (exact) mass is 750 g/mol. The van der Waals surface area contributed by atoms with E-state index in [-0.39, 0.29) is 10.9 Å². The molecule has 0 radical (unpaired) electrons. The van der Waals surface area contributed by atoms with E-state index in [0.29, 0.717) is 46.6 Å². The highest BCUT2D eigenvalue weighted by molar-refractivity contribution is 6.33. The fraction of sp³-hybridized carbons (Fsp3) is 0.238. The molecule has 0 atom stereocenters. The fourth-order valence-corrected chi connectivity index (χ4v) is 6.79. The number of ether oxygens (including phenoxy) is 3. The van der Waals surface area contributed by atoms with E-state index in [9.17, 15) is 4.39 Å². The number of pyridine rings is 2. The maximum Gasteiger partial charge on any atom is 0.137 e. The summed E-state index contributed by atoms with van der Waals surface area (Å²) in [7, 11) is 1.63. The molecule has 2 fully saturated rings. The summed E-state index contributed by atoms with van der Waals surface area (Å²) in [6.07, 6.45) is 1.67. The molecule has 12 heteroatoms. The molecular weight excluding hydrogens is 710 g/mol. The zero-order chi connectivity index (χ0) is 37.6. The Kier molecular flexibility index (Phi) is 11.4. The highest BCUT2D eigenvalue weighted by Crippen LogP contribution is 2.40. The van der Waals surface area contributed by atoms with Gasteiger partial charge in [-0.1, -0.05) is 35.9 Å². The van der Waals surface area contributed by atoms with Gasteiger partial charge in [0.15, 0.2) is 0 Å². The van der Waals surface area contributed by atoms with Gasteiger partial charge in [0.25, 0.3) is 0 Å². The second-order valence-electron chi connectivity index (χ2n) is 12.9. The molecule has 0 bridgehead atoms. The zero-order valence-corrected chi connectivity index (χ0v) is 30.9. The van der Waals surface area contributed by atoms with E-state index in [1.807, 2.05) is 67.6 Å². The van der Waals surface area contributed by atoms with Crippen LogP contribution in [0.3, 0.4) is 0 Å². The first-order valence-corrected chi connectivity index (χ1v) is 18.1. The molecule has 0 aliphatic carbocycles. The SMILES string of the molecule is COc1ccc(-c2ccc(N3CCOCC3)cc2Nc2c(C)c(-c3ccccn3)nc3cc(F)cc(F)c23)cc1.Nc1cc(N2CCOCC2)ccc1Cl. The summed E-state index contributed by atoms with van der Waals surface area (Å²) in [5.74, 6) is -0.619. The molecule has 0 saturated carbocycles. The van der Waals surface area contributed by atoms with Crippen molar-refractivity contribution in [3.63, 3.8) is 0 Å². The molecule has 8 rings (SSSR count). The molecule has 2 aliphatic rings. The van der Waals surface area contributed by atoms with E-state index in [1.54, 1.807) is 13.3 Å². The van der Waals surface area contributed by atoms with Crippen molar-refractivity contribution in [2.45, 2.75) is 6.92 Å². The maximum atomic E-state index is 15.4. The molecule has 0 unspecified atom stereocenters. The van der Waals surface area contributed by atoms with Crippen molar-refractivity contribution in [2.75, 3.05) is 80.6 Å². The number of rotatable bonds is 7. The van der Waals surface area contributed by atoms with E-state index < -0.39 is 11.6 Å². The Labute approximate surface area is 318 Å². The number of anilines is 5. The van der Waals surface area contributed by atoms with Crippen LogP contribution in [-0.2, 0) is 9.47 Å². The molecule has 6 aromatic rings. The smallest absolute Gasteiger partial charge is 0.137 e. The number of hydrogen-bond donors (Lipinski definition) is 2. The quantitative estimate of drug-likeness (QED) is 0.155. The largest absolute Gasteiger partial charge is 0.497 e. The molecule has 4 heterocycles. The van der Waals surface area contributed by atoms with Crippen molar-refractivity contribution >= 4 is 50.9 Å². The summed E-state index contributed by atoms with van der Waals surface area (Å²) in [6, 6.07) is 27.4. The molecule has 2 aromatic heterocycles. The molecule has 9 nitrogen and oxygen atoms in total. The molecule has 0 amide bonds. The van der Waals surface area contributed by atoms with E-state index in [0.717, 1.165) is 79.4 Å². The Hall–Kier alpha value is -5.49. The third kappa shape index (κ3) is 8.18. The Balaban J connectivity index is 0.000000269. The normalized spacial score (nSPS) is 14.4. The number of benzene rings is 4. The number of halogens is 3. The highest BCUT2D eigenvalue weighted by atomic mass is 35.5. The summed E-state index contributed by atoms with van der Waals surface area (Å²) in [4.78, 5) is 13.6. The van der Waals surface area contributed by atoms with Crippen molar-refractivity contribution in [3.05, 3.63) is 119 Å². The van der Waals surface area contributed by atoms with Crippen molar-refractivity contribution in [1.82, 2.24) is 9.97 Å². The molecule has 2 aliphatic heterocycles. The molecule has 3 N–H and O–H groups in total. The fourth-order valence-electron chi connectivity index (χ4n) is 6.67. The summed E-state index contributed by atoms with van der Waals surface area (Å²) in [6.45, 7) is 8.13. The van der Waals surface area contributed by atoms with Crippen LogP contribution >= 0.6 is 11.6 Å². The van der Waals surface area contributed by atoms with Crippen LogP contribution in [0.2, 0.25) is 5.02 Å². The number of nitrogens with zero attached hydrogens (tertiary/aromatic N) is 4. The second kappa shape index (κ2) is 16.7. The minimum absolute atomic E-state index is 0.210. The van der Waals surface area contributed by atoms with Gasteiger partial charge in [0.2, 0.25) is 0 Å². The van der Waals surface area contributed by atoms with Crippen molar-refractivity contribution < 1.29 is 23.0 Å². The number of fused-ring (bicyclic) bond motifs is 1. The van der Waals surface area contributed by atoms with Gasteiger partial charge in [-0.2, -0.15) is 0 Å². The lowest BCUT2D eigenvalue weighted by Gasteiger charge is -2.30. The third-order valence-electron chi connectivity index (χ3n) is 9.55. The van der Waals surface area contributed by atoms with Crippen LogP contribution in [-0.4, -0.2) is 69.7 Å². The highest BCUT2D eigenvalue weighted by Gasteiger charge is 2.21. The molecule has 2 saturated heterocycles. The predicted octanol–water partition coefficient (Wildman–Crippen LogP) is 8.90. The summed E-state index contributed by atoms with van der Waals surface area (Å²) < 4.78 is 46.0. The van der Waals surface area contributed by atoms with Crippen molar-refractivity contribution in [3.8, 4) is 28.3 Å². The number of nitrogens with two attached hydrogens (primary N) is 1. The summed E-state index contributed by atoms with van der Waals surface area (Å²) >= 11 is 5.85. The summed E-state index contributed by atoms with van der Waals surface area (Å²) in [5, 5.41) is 4.37. The van der Waals surface area contributed by atoms with Crippen LogP contribution in [0.25, 0.3) is 33.4 Å². The third-order valence-corrected chi connectivity index (χ3v) is 9.89. The van der Waals surface area contributed by atoms with Gasteiger partial charge >= 0.3 is 0 Å². The average molecular weight is 751 g/mol. The first-order chi connectivity index (χ1) is 26.3. The van der Waals surface area contributed by atoms with Gasteiger partial charge in [0.1, 0.15) is 17.4 Å². The van der Waals surface area contributed by atoms with Crippen molar-refractivity contribution in [1.29, 1.82) is 0 Å². The maximum absolute atomic E-state index is 15.4. The number of methoxy groups -OCH3 is 1. The second-order valence-corrected chi connectivity index (χ2v) is 13.4. The van der Waals surface area contributed by atoms with E-state index in [2.05, 4.69) is 43.3 Å². The van der Waals surface area contributed by atoms with E-state index in [1.165, 1.54) is 6.07 Å². The van der Waals surface area contributed by atoms with Gasteiger partial charge in [-0.3, -0.25) is 4.98 Å². The van der Waals surface area contributed by atoms with Crippen LogP contribution in [0, 0.1) is 18.6 Å². The molecule has 4 aromatic carbocycles. The topological polar surface area (TPSA) is 98.0 Å². The van der Waals surface area contributed by atoms with Crippen molar-refractivity contribution in [2.24, 2.45) is 0 Å². The van der Waals surface area contributed by atoms with Crippen LogP contribution in [0.4, 0.5) is 37.2 Å². The Morgan fingerprint density at radius 2 is 1.48 bits per heavy atom. The first-order valence-electron chi connectivity index (χ1n) is 17.8. The number of morpholine rings is 2. The average Bonchev–Trinajstić information content (AvgIpc) is 3.21. The number of nitrogen functional groups attached to an aromatic ring is 1. The van der Waals surface area contributed by atoms with Crippen LogP contribution in [0.5, 0.6) is 5.75 Å². The Morgan fingerprint density at radius 3 is 2.11 bits per heavy atom. The number of aromatic nitrogens is 2. The zero-order valence-electron chi connectivity index (χ0n) is 30.1. The Morgan fingerprint density at radius 1 is 0.815 bits per heavy atom. The Bertz CT molecular complexity index is 2230. The number of hydrogen-bond acceptors (Lipinski definition) is 9. The van der Waals surface area contributed by atoms with Gasteiger partial charge in [0.05, 0.1) is 72.2 Å². The first kappa shape index (κ1) is 36.9. The van der Waals surface area contributed by atoms with E-state index >= 15 is 4.39 Å². The van der Waals surface area contributed by atoms with Gasteiger partial charge in [-0.25, -0.2) is 13.8 Å². The number of nitrogens with one attached hydrogen (secondary N) is 1. The van der Waals surface area contributed by atoms with Crippen LogP contribution < -0.4 is 25.6 Å². The van der Waals surface area contributed by atoms with Crippen LogP contribution in [0.15, 0.2) is 97.2 Å². The molecular formula is C42H41ClF2N6O3. The molecule has 0 spiro atoms. The van der Waals surface area contributed by atoms with Gasteiger partial charge < -0.3 is 35.1 Å². The van der Waals surface area contributed by atoms with Crippen LogP contribution in [0.1, 0.15) is 5.56 Å².